The molecule has 0 spiro atoms. The van der Waals surface area contributed by atoms with E-state index in [0.29, 0.717) is 57.8 Å². The van der Waals surface area contributed by atoms with Gasteiger partial charge >= 0.3 is 35.8 Å². The molecule has 91 heavy (non-hydrogen) atoms. The Morgan fingerprint density at radius 1 is 0.385 bits per heavy atom. The second kappa shape index (κ2) is 32.6. The molecule has 12 nitrogen and oxygen atoms in total. The fraction of sp³-hybridized carbons (Fsp3) is 0.696. The Balaban J connectivity index is 1.08. The van der Waals surface area contributed by atoms with Crippen LogP contribution < -0.4 is 0 Å². The molecular weight excluding hydrogens is 1140 g/mol. The fourth-order valence-corrected chi connectivity index (χ4v) is 15.4. The zero-order valence-electron chi connectivity index (χ0n) is 58.1. The molecule has 3 saturated carbocycles. The van der Waals surface area contributed by atoms with Gasteiger partial charge in [0.1, 0.15) is 0 Å². The second-order valence-corrected chi connectivity index (χ2v) is 31.3. The van der Waals surface area contributed by atoms with Crippen molar-refractivity contribution in [2.45, 2.75) is 307 Å². The third kappa shape index (κ3) is 20.2. The van der Waals surface area contributed by atoms with E-state index in [-0.39, 0.29) is 11.8 Å². The Labute approximate surface area is 547 Å². The van der Waals surface area contributed by atoms with Crippen molar-refractivity contribution in [1.82, 2.24) is 0 Å². The van der Waals surface area contributed by atoms with Crippen molar-refractivity contribution in [2.24, 2.45) is 44.3 Å². The van der Waals surface area contributed by atoms with Crippen LogP contribution in [0.5, 0.6) is 0 Å². The van der Waals surface area contributed by atoms with Crippen LogP contribution in [-0.2, 0) is 80.1 Å². The Kier molecular flexibility index (Phi) is 26.7. The van der Waals surface area contributed by atoms with Crippen LogP contribution in [0.1, 0.15) is 294 Å². The third-order valence-electron chi connectivity index (χ3n) is 22.9. The minimum Gasteiger partial charge on any atom is -0.481 e. The van der Waals surface area contributed by atoms with E-state index in [0.717, 1.165) is 173 Å². The molecule has 0 radical (unpaired) electrons. The highest BCUT2D eigenvalue weighted by atomic mass is 16.4. The molecule has 0 saturated heterocycles. The van der Waals surface area contributed by atoms with Crippen LogP contribution in [0.25, 0.3) is 0 Å². The van der Waals surface area contributed by atoms with E-state index in [9.17, 15) is 59.4 Å². The first-order valence-electron chi connectivity index (χ1n) is 35.5. The summed E-state index contributed by atoms with van der Waals surface area (Å²) in [5, 5.41) is 60.6. The molecule has 6 rings (SSSR count). The lowest BCUT2D eigenvalue weighted by Crippen LogP contribution is -2.23. The second-order valence-electron chi connectivity index (χ2n) is 31.3. The molecule has 0 aromatic heterocycles. The van der Waals surface area contributed by atoms with Crippen LogP contribution in [0.15, 0.2) is 30.3 Å². The Morgan fingerprint density at radius 3 is 1.21 bits per heavy atom. The van der Waals surface area contributed by atoms with E-state index in [2.05, 4.69) is 65.0 Å². The summed E-state index contributed by atoms with van der Waals surface area (Å²) in [5.41, 5.74) is 12.6. The van der Waals surface area contributed by atoms with Gasteiger partial charge in [-0.2, -0.15) is 0 Å². The van der Waals surface area contributed by atoms with Crippen LogP contribution in [0.4, 0.5) is 0 Å². The molecule has 3 aliphatic carbocycles. The van der Waals surface area contributed by atoms with Gasteiger partial charge in [-0.15, -0.1) is 0 Å². The Hall–Kier alpha value is -5.52. The molecule has 506 valence electrons. The van der Waals surface area contributed by atoms with Crippen LogP contribution in [0, 0.1) is 78.9 Å². The smallest absolute Gasteiger partial charge is 0.309 e. The molecule has 0 aliphatic heterocycles. The summed E-state index contributed by atoms with van der Waals surface area (Å²) in [6.45, 7) is 21.7. The first-order valence-corrected chi connectivity index (χ1v) is 35.5. The first-order chi connectivity index (χ1) is 42.8. The normalized spacial score (nSPS) is 19.3. The van der Waals surface area contributed by atoms with Gasteiger partial charge in [0, 0.05) is 0 Å². The van der Waals surface area contributed by atoms with E-state index >= 15 is 0 Å². The van der Waals surface area contributed by atoms with Crippen molar-refractivity contribution in [1.29, 1.82) is 0 Å². The number of benzene rings is 3. The lowest BCUT2D eigenvalue weighted by atomic mass is 9.84. The number of hydrogen-bond donors (Lipinski definition) is 6. The largest absolute Gasteiger partial charge is 0.481 e. The van der Waals surface area contributed by atoms with Crippen molar-refractivity contribution in [3.8, 4) is 0 Å². The average molecular weight is 1260 g/mol. The van der Waals surface area contributed by atoms with E-state index in [1.165, 1.54) is 72.3 Å². The van der Waals surface area contributed by atoms with Gasteiger partial charge in [0.15, 0.2) is 0 Å². The molecule has 0 amide bonds. The summed E-state index contributed by atoms with van der Waals surface area (Å²) < 4.78 is 0. The van der Waals surface area contributed by atoms with Crippen molar-refractivity contribution >= 4 is 35.8 Å². The first kappa shape index (κ1) is 74.5. The summed E-state index contributed by atoms with van der Waals surface area (Å²) >= 11 is 0. The summed E-state index contributed by atoms with van der Waals surface area (Å²) in [4.78, 5) is 73.9. The molecule has 4 unspecified atom stereocenters. The predicted octanol–water partition coefficient (Wildman–Crippen LogP) is 18.7. The van der Waals surface area contributed by atoms with Gasteiger partial charge in [0.2, 0.25) is 0 Å². The molecule has 3 aromatic rings. The van der Waals surface area contributed by atoms with E-state index < -0.39 is 68.3 Å². The zero-order valence-corrected chi connectivity index (χ0v) is 58.1. The predicted molar refractivity (Wildman–Crippen MR) is 363 cm³/mol. The van der Waals surface area contributed by atoms with Gasteiger partial charge in [-0.05, 0) is 309 Å². The molecule has 0 heterocycles. The van der Waals surface area contributed by atoms with Crippen LogP contribution in [0.2, 0.25) is 0 Å². The van der Waals surface area contributed by atoms with Crippen LogP contribution >= 0.6 is 0 Å². The molecule has 3 aliphatic rings. The monoisotopic (exact) mass is 1260 g/mol. The van der Waals surface area contributed by atoms with Gasteiger partial charge in [-0.1, -0.05) is 113 Å². The van der Waals surface area contributed by atoms with Crippen molar-refractivity contribution in [3.63, 3.8) is 0 Å². The van der Waals surface area contributed by atoms with E-state index in [1.54, 1.807) is 41.5 Å². The van der Waals surface area contributed by atoms with Crippen molar-refractivity contribution in [2.75, 3.05) is 0 Å². The maximum absolute atomic E-state index is 13.3. The summed E-state index contributed by atoms with van der Waals surface area (Å²) in [6, 6.07) is 11.3. The van der Waals surface area contributed by atoms with Gasteiger partial charge in [-0.3, -0.25) is 28.8 Å². The van der Waals surface area contributed by atoms with Crippen LogP contribution in [0.3, 0.4) is 0 Å². The molecule has 3 aromatic carbocycles. The number of aliphatic carboxylic acids is 6. The summed E-state index contributed by atoms with van der Waals surface area (Å²) in [7, 11) is 0. The quantitative estimate of drug-likeness (QED) is 0.0291. The Morgan fingerprint density at radius 2 is 0.769 bits per heavy atom. The number of aryl methyl sites for hydroxylation is 5. The highest BCUT2D eigenvalue weighted by Gasteiger charge is 2.60. The zero-order chi connectivity index (χ0) is 67.1. The van der Waals surface area contributed by atoms with Crippen LogP contribution in [-0.4, -0.2) is 66.5 Å². The fourth-order valence-electron chi connectivity index (χ4n) is 15.4. The minimum absolute atomic E-state index is 0.0346. The Bertz CT molecular complexity index is 3010. The van der Waals surface area contributed by atoms with Gasteiger partial charge in [-0.25, -0.2) is 0 Å². The SMILES string of the molecule is Cc1cc(CCCCCC2(C(=O)O)CC2)c(CCCCCC(C)(C)C(=O)O)c(CC2CC2(CCCCCc2c(C)ccc(CC3CC3(CCCCCc3c(CCCCCC(C)(C)C(=O)O)cc(C)c(C)c3C)C(=O)O)c2CCCCCC(C)(C)C(=O)O)C(=O)O)c1. The van der Waals surface area contributed by atoms with Gasteiger partial charge in [0.05, 0.1) is 32.5 Å². The lowest BCUT2D eigenvalue weighted by Gasteiger charge is -2.21. The van der Waals surface area contributed by atoms with Crippen molar-refractivity contribution in [3.05, 3.63) is 103 Å². The molecule has 12 heteroatoms. The number of rotatable bonds is 46. The standard InChI is InChI=1S/C79H118O12/c1-53-46-58(30-19-13-27-41-77(44-45-77)71(86)87)66(34-22-14-25-39-75(8,9)69(82)83)61(47-53)50-63-52-79(63,73(90)91)43-28-16-20-32-64-54(2)36-37-60(67(64)35-23-15-26-40-76(10,11)70(84)85)49-62-51-78(62,72(88)89)42-29-17-21-33-65-57(5)56(4)55(3)48-59(65)31-18-12-24-38-74(6,7)68(80)81/h36-37,46-48,62-63H,12-35,38-45,49-52H2,1-11H3,(H,80,81)(H,82,83)(H,84,85)(H,86,87)(H,88,89)(H,90,91). The minimum atomic E-state index is -0.790. The summed E-state index contributed by atoms with van der Waals surface area (Å²) in [6.07, 6.45) is 30.0. The average Bonchev–Trinajstić information content (AvgIpc) is 1.61. The third-order valence-corrected chi connectivity index (χ3v) is 22.9. The molecule has 4 atom stereocenters. The number of hydrogen-bond acceptors (Lipinski definition) is 6. The van der Waals surface area contributed by atoms with Gasteiger partial charge < -0.3 is 30.6 Å². The van der Waals surface area contributed by atoms with Crippen molar-refractivity contribution < 1.29 is 59.4 Å². The summed E-state index contributed by atoms with van der Waals surface area (Å²) in [5.74, 6) is -4.30. The molecule has 3 fully saturated rings. The van der Waals surface area contributed by atoms with Gasteiger partial charge in [0.25, 0.3) is 0 Å². The maximum atomic E-state index is 13.3. The topological polar surface area (TPSA) is 224 Å². The number of carboxylic acids is 6. The van der Waals surface area contributed by atoms with E-state index in [4.69, 9.17) is 0 Å². The number of unbranched alkanes of at least 4 members (excludes halogenated alkanes) is 12. The highest BCUT2D eigenvalue weighted by molar-refractivity contribution is 5.80. The number of carbonyl (C=O) groups is 6. The lowest BCUT2D eigenvalue weighted by molar-refractivity contribution is -0.148. The number of carboxylic acid groups (broad SMARTS) is 6. The maximum Gasteiger partial charge on any atom is 0.309 e. The highest BCUT2D eigenvalue weighted by Crippen LogP contribution is 2.59. The van der Waals surface area contributed by atoms with E-state index in [1.807, 2.05) is 0 Å². The molecular formula is C79H118O12. The molecule has 6 N–H and O–H groups in total. The molecule has 0 bridgehead atoms.